The van der Waals surface area contributed by atoms with Gasteiger partial charge < -0.3 is 10.5 Å². The molecule has 0 bridgehead atoms. The molecule has 7 heteroatoms. The molecule has 2 aliphatic rings. The monoisotopic (exact) mass is 218 g/mol. The number of sulfone groups is 1. The van der Waals surface area contributed by atoms with Gasteiger partial charge in [-0.1, -0.05) is 0 Å². The molecule has 78 valence electrons. The van der Waals surface area contributed by atoms with Gasteiger partial charge in [-0.2, -0.15) is 4.99 Å². The SMILES string of the molecule is NC1=NC(=O)C2(CCS(=O)(=O)CC2)O1. The average molecular weight is 218 g/mol. The summed E-state index contributed by atoms with van der Waals surface area (Å²) in [6.07, 6.45) is 0.302. The fraction of sp³-hybridized carbons (Fsp3) is 0.714. The highest BCUT2D eigenvalue weighted by atomic mass is 32.2. The summed E-state index contributed by atoms with van der Waals surface area (Å²) >= 11 is 0. The summed E-state index contributed by atoms with van der Waals surface area (Å²) in [5.41, 5.74) is 4.17. The number of hydrogen-bond donors (Lipinski definition) is 1. The third-order valence-electron chi connectivity index (χ3n) is 2.54. The Hall–Kier alpha value is -1.11. The maximum absolute atomic E-state index is 11.4. The Bertz CT molecular complexity index is 397. The number of carbonyl (C=O) groups is 1. The van der Waals surface area contributed by atoms with Crippen LogP contribution in [0.3, 0.4) is 0 Å². The van der Waals surface area contributed by atoms with Gasteiger partial charge in [-0.3, -0.25) is 4.79 Å². The van der Waals surface area contributed by atoms with E-state index >= 15 is 0 Å². The molecular weight excluding hydrogens is 208 g/mol. The number of amidine groups is 1. The molecule has 1 spiro atoms. The van der Waals surface area contributed by atoms with E-state index in [4.69, 9.17) is 10.5 Å². The van der Waals surface area contributed by atoms with Gasteiger partial charge in [0.05, 0.1) is 11.5 Å². The number of carbonyl (C=O) groups excluding carboxylic acids is 1. The van der Waals surface area contributed by atoms with Crippen molar-refractivity contribution in [3.8, 4) is 0 Å². The van der Waals surface area contributed by atoms with Crippen LogP contribution in [0.15, 0.2) is 4.99 Å². The van der Waals surface area contributed by atoms with Crippen molar-refractivity contribution in [1.29, 1.82) is 0 Å². The van der Waals surface area contributed by atoms with Crippen molar-refractivity contribution in [2.75, 3.05) is 11.5 Å². The van der Waals surface area contributed by atoms with Crippen LogP contribution in [-0.4, -0.2) is 37.5 Å². The lowest BCUT2D eigenvalue weighted by Gasteiger charge is -2.29. The lowest BCUT2D eigenvalue weighted by Crippen LogP contribution is -2.45. The van der Waals surface area contributed by atoms with Crippen molar-refractivity contribution < 1.29 is 17.9 Å². The Morgan fingerprint density at radius 2 is 1.93 bits per heavy atom. The van der Waals surface area contributed by atoms with E-state index in [1.54, 1.807) is 0 Å². The van der Waals surface area contributed by atoms with Crippen LogP contribution in [0.4, 0.5) is 0 Å². The minimum atomic E-state index is -3.01. The number of hydrogen-bond acceptors (Lipinski definition) is 5. The van der Waals surface area contributed by atoms with Gasteiger partial charge in [0.2, 0.25) is 0 Å². The first-order chi connectivity index (χ1) is 6.44. The zero-order chi connectivity index (χ0) is 10.4. The lowest BCUT2D eigenvalue weighted by atomic mass is 9.96. The molecule has 1 fully saturated rings. The predicted molar refractivity (Wildman–Crippen MR) is 48.3 cm³/mol. The summed E-state index contributed by atoms with van der Waals surface area (Å²) in [5, 5.41) is 0. The summed E-state index contributed by atoms with van der Waals surface area (Å²) < 4.78 is 27.4. The molecule has 0 aromatic heterocycles. The lowest BCUT2D eigenvalue weighted by molar-refractivity contribution is -0.131. The zero-order valence-electron chi connectivity index (χ0n) is 7.39. The number of nitrogens with two attached hydrogens (primary N) is 1. The van der Waals surface area contributed by atoms with Crippen LogP contribution in [0.25, 0.3) is 0 Å². The normalized spacial score (nSPS) is 28.6. The van der Waals surface area contributed by atoms with Crippen molar-refractivity contribution >= 4 is 21.8 Å². The van der Waals surface area contributed by atoms with E-state index in [1.807, 2.05) is 0 Å². The van der Waals surface area contributed by atoms with Crippen LogP contribution in [0.5, 0.6) is 0 Å². The van der Waals surface area contributed by atoms with Crippen LogP contribution in [-0.2, 0) is 19.4 Å². The molecule has 0 aromatic rings. The Morgan fingerprint density at radius 1 is 1.36 bits per heavy atom. The molecule has 0 aliphatic carbocycles. The molecule has 0 aromatic carbocycles. The second-order valence-electron chi connectivity index (χ2n) is 3.50. The minimum Gasteiger partial charge on any atom is -0.448 e. The summed E-state index contributed by atoms with van der Waals surface area (Å²) in [4.78, 5) is 14.8. The third-order valence-corrected chi connectivity index (χ3v) is 4.19. The van der Waals surface area contributed by atoms with Gasteiger partial charge in [-0.05, 0) is 0 Å². The first kappa shape index (κ1) is 9.45. The molecule has 1 amide bonds. The number of aliphatic imine (C=N–C) groups is 1. The molecule has 6 nitrogen and oxygen atoms in total. The first-order valence-corrected chi connectivity index (χ1v) is 6.04. The highest BCUT2D eigenvalue weighted by Gasteiger charge is 2.49. The van der Waals surface area contributed by atoms with E-state index in [-0.39, 0.29) is 30.4 Å². The molecule has 0 radical (unpaired) electrons. The highest BCUT2D eigenvalue weighted by molar-refractivity contribution is 7.91. The van der Waals surface area contributed by atoms with Crippen LogP contribution in [0.1, 0.15) is 12.8 Å². The average Bonchev–Trinajstić information content (AvgIpc) is 2.35. The van der Waals surface area contributed by atoms with E-state index in [0.717, 1.165) is 0 Å². The molecule has 2 heterocycles. The Balaban J connectivity index is 2.20. The zero-order valence-corrected chi connectivity index (χ0v) is 8.21. The van der Waals surface area contributed by atoms with Gasteiger partial charge in [0, 0.05) is 12.8 Å². The minimum absolute atomic E-state index is 0.0401. The van der Waals surface area contributed by atoms with E-state index in [9.17, 15) is 13.2 Å². The topological polar surface area (TPSA) is 98.8 Å². The quantitative estimate of drug-likeness (QED) is 0.551. The molecule has 2 N–H and O–H groups in total. The largest absolute Gasteiger partial charge is 0.448 e. The molecule has 14 heavy (non-hydrogen) atoms. The number of rotatable bonds is 0. The van der Waals surface area contributed by atoms with Gasteiger partial charge in [-0.15, -0.1) is 0 Å². The van der Waals surface area contributed by atoms with Crippen molar-refractivity contribution in [1.82, 2.24) is 0 Å². The maximum Gasteiger partial charge on any atom is 0.294 e. The summed E-state index contributed by atoms with van der Waals surface area (Å²) in [5.74, 6) is -0.534. The Morgan fingerprint density at radius 3 is 2.36 bits per heavy atom. The molecule has 0 atom stereocenters. The molecule has 0 unspecified atom stereocenters. The van der Waals surface area contributed by atoms with Gasteiger partial charge >= 0.3 is 0 Å². The van der Waals surface area contributed by atoms with E-state index in [0.29, 0.717) is 0 Å². The van der Waals surface area contributed by atoms with Crippen molar-refractivity contribution in [2.24, 2.45) is 10.7 Å². The number of amides is 1. The van der Waals surface area contributed by atoms with E-state index in [2.05, 4.69) is 4.99 Å². The van der Waals surface area contributed by atoms with Crippen LogP contribution >= 0.6 is 0 Å². The van der Waals surface area contributed by atoms with E-state index < -0.39 is 21.3 Å². The first-order valence-electron chi connectivity index (χ1n) is 4.22. The smallest absolute Gasteiger partial charge is 0.294 e. The van der Waals surface area contributed by atoms with Crippen LogP contribution < -0.4 is 5.73 Å². The highest BCUT2D eigenvalue weighted by Crippen LogP contribution is 2.32. The molecule has 2 rings (SSSR count). The van der Waals surface area contributed by atoms with Crippen molar-refractivity contribution in [3.05, 3.63) is 0 Å². The number of nitrogens with zero attached hydrogens (tertiary/aromatic N) is 1. The van der Waals surface area contributed by atoms with Crippen molar-refractivity contribution in [3.63, 3.8) is 0 Å². The summed E-state index contributed by atoms with van der Waals surface area (Å²) in [6, 6.07) is -0.158. The number of ether oxygens (including phenoxy) is 1. The second-order valence-corrected chi connectivity index (χ2v) is 5.81. The fourth-order valence-corrected chi connectivity index (χ4v) is 3.14. The second kappa shape index (κ2) is 2.69. The Kier molecular flexibility index (Phi) is 1.82. The third kappa shape index (κ3) is 1.37. The molecule has 0 saturated carbocycles. The van der Waals surface area contributed by atoms with Gasteiger partial charge in [0.1, 0.15) is 0 Å². The summed E-state index contributed by atoms with van der Waals surface area (Å²) in [7, 11) is -3.01. The predicted octanol–water partition coefficient (Wildman–Crippen LogP) is -1.19. The van der Waals surface area contributed by atoms with Crippen LogP contribution in [0, 0.1) is 0 Å². The van der Waals surface area contributed by atoms with Gasteiger partial charge in [-0.25, -0.2) is 8.42 Å². The maximum atomic E-state index is 11.4. The summed E-state index contributed by atoms with van der Waals surface area (Å²) in [6.45, 7) is 0. The van der Waals surface area contributed by atoms with Gasteiger partial charge in [0.25, 0.3) is 11.9 Å². The molecular formula is C7H10N2O4S. The van der Waals surface area contributed by atoms with E-state index in [1.165, 1.54) is 0 Å². The Labute approximate surface area is 81.1 Å². The molecule has 2 aliphatic heterocycles. The standard InChI is InChI=1S/C7H10N2O4S/c8-6-9-5(10)7(13-6)1-3-14(11,12)4-2-7/h1-4H2,(H2,8,9,10). The fourth-order valence-electron chi connectivity index (χ4n) is 1.65. The molecule has 1 saturated heterocycles. The van der Waals surface area contributed by atoms with Crippen molar-refractivity contribution in [2.45, 2.75) is 18.4 Å². The van der Waals surface area contributed by atoms with Gasteiger partial charge in [0.15, 0.2) is 15.4 Å². The van der Waals surface area contributed by atoms with Crippen LogP contribution in [0.2, 0.25) is 0 Å².